The molecule has 0 radical (unpaired) electrons. The summed E-state index contributed by atoms with van der Waals surface area (Å²) in [5, 5.41) is 7.10. The zero-order valence-electron chi connectivity index (χ0n) is 13.3. The summed E-state index contributed by atoms with van der Waals surface area (Å²) in [4.78, 5) is 17.8. The highest BCUT2D eigenvalue weighted by molar-refractivity contribution is 5.77. The third kappa shape index (κ3) is 3.78. The standard InChI is InChI=1S/C18H18N4O2/c1-22(17(23)13-24-16-8-5-9-19-11-16)12-15-10-20-21-18(15)14-6-3-2-4-7-14/h2-11H,12-13H2,1H3,(H,20,21). The number of H-pyrrole nitrogens is 1. The second-order valence-corrected chi connectivity index (χ2v) is 5.36. The molecule has 0 saturated heterocycles. The first-order valence-electron chi connectivity index (χ1n) is 7.58. The van der Waals surface area contributed by atoms with Gasteiger partial charge in [-0.25, -0.2) is 0 Å². The van der Waals surface area contributed by atoms with Crippen molar-refractivity contribution in [3.05, 3.63) is 66.6 Å². The van der Waals surface area contributed by atoms with Crippen LogP contribution in [0.3, 0.4) is 0 Å². The Labute approximate surface area is 140 Å². The van der Waals surface area contributed by atoms with Gasteiger partial charge in [0, 0.05) is 25.4 Å². The van der Waals surface area contributed by atoms with Gasteiger partial charge in [0.1, 0.15) is 5.75 Å². The molecule has 1 aromatic carbocycles. The normalized spacial score (nSPS) is 10.4. The lowest BCUT2D eigenvalue weighted by molar-refractivity contribution is -0.132. The number of rotatable bonds is 6. The molecule has 122 valence electrons. The molecule has 1 N–H and O–H groups in total. The molecule has 0 atom stereocenters. The van der Waals surface area contributed by atoms with E-state index in [-0.39, 0.29) is 12.5 Å². The molecule has 3 aromatic rings. The summed E-state index contributed by atoms with van der Waals surface area (Å²) in [7, 11) is 1.75. The lowest BCUT2D eigenvalue weighted by Crippen LogP contribution is -2.31. The largest absolute Gasteiger partial charge is 0.482 e. The monoisotopic (exact) mass is 322 g/mol. The highest BCUT2D eigenvalue weighted by Gasteiger charge is 2.14. The predicted octanol–water partition coefficient (Wildman–Crippen LogP) is 2.51. The minimum atomic E-state index is -0.112. The van der Waals surface area contributed by atoms with Gasteiger partial charge >= 0.3 is 0 Å². The lowest BCUT2D eigenvalue weighted by Gasteiger charge is -2.17. The number of aromatic amines is 1. The molecule has 0 aliphatic rings. The topological polar surface area (TPSA) is 71.1 Å². The van der Waals surface area contributed by atoms with Crippen LogP contribution in [-0.4, -0.2) is 39.6 Å². The molecule has 2 aromatic heterocycles. The maximum absolute atomic E-state index is 12.2. The van der Waals surface area contributed by atoms with Crippen LogP contribution in [0.15, 0.2) is 61.1 Å². The summed E-state index contributed by atoms with van der Waals surface area (Å²) in [5.74, 6) is 0.464. The number of ether oxygens (including phenoxy) is 1. The fourth-order valence-corrected chi connectivity index (χ4v) is 2.32. The maximum atomic E-state index is 12.2. The van der Waals surface area contributed by atoms with Crippen molar-refractivity contribution in [3.8, 4) is 17.0 Å². The first-order chi connectivity index (χ1) is 11.7. The number of hydrogen-bond acceptors (Lipinski definition) is 4. The Morgan fingerprint density at radius 2 is 2.00 bits per heavy atom. The van der Waals surface area contributed by atoms with Gasteiger partial charge < -0.3 is 9.64 Å². The fraction of sp³-hybridized carbons (Fsp3) is 0.167. The number of nitrogens with zero attached hydrogens (tertiary/aromatic N) is 3. The SMILES string of the molecule is CN(Cc1cn[nH]c1-c1ccccc1)C(=O)COc1cccnc1. The van der Waals surface area contributed by atoms with Crippen molar-refractivity contribution in [2.45, 2.75) is 6.54 Å². The van der Waals surface area contributed by atoms with Crippen LogP contribution in [0.2, 0.25) is 0 Å². The van der Waals surface area contributed by atoms with Gasteiger partial charge in [0.15, 0.2) is 6.61 Å². The van der Waals surface area contributed by atoms with Crippen molar-refractivity contribution in [3.63, 3.8) is 0 Å². The molecule has 1 amide bonds. The van der Waals surface area contributed by atoms with Crippen LogP contribution in [0.5, 0.6) is 5.75 Å². The summed E-state index contributed by atoms with van der Waals surface area (Å²) >= 11 is 0. The summed E-state index contributed by atoms with van der Waals surface area (Å²) in [6.07, 6.45) is 4.98. The summed E-state index contributed by atoms with van der Waals surface area (Å²) in [6, 6.07) is 13.4. The Hall–Kier alpha value is -3.15. The van der Waals surface area contributed by atoms with Crippen LogP contribution in [0.1, 0.15) is 5.56 Å². The Balaban J connectivity index is 1.62. The Kier molecular flexibility index (Phi) is 4.86. The molecule has 0 bridgehead atoms. The van der Waals surface area contributed by atoms with Crippen molar-refractivity contribution < 1.29 is 9.53 Å². The Bertz CT molecular complexity index is 787. The average molecular weight is 322 g/mol. The number of carbonyl (C=O) groups excluding carboxylic acids is 1. The van der Waals surface area contributed by atoms with Crippen molar-refractivity contribution in [1.82, 2.24) is 20.1 Å². The van der Waals surface area contributed by atoms with Crippen molar-refractivity contribution in [2.75, 3.05) is 13.7 Å². The van der Waals surface area contributed by atoms with E-state index in [1.54, 1.807) is 42.7 Å². The van der Waals surface area contributed by atoms with E-state index in [0.29, 0.717) is 12.3 Å². The van der Waals surface area contributed by atoms with Crippen molar-refractivity contribution in [1.29, 1.82) is 0 Å². The molecule has 24 heavy (non-hydrogen) atoms. The zero-order chi connectivity index (χ0) is 16.8. The van der Waals surface area contributed by atoms with Crippen molar-refractivity contribution in [2.24, 2.45) is 0 Å². The highest BCUT2D eigenvalue weighted by atomic mass is 16.5. The number of pyridine rings is 1. The summed E-state index contributed by atoms with van der Waals surface area (Å²) in [6.45, 7) is 0.427. The van der Waals surface area contributed by atoms with Gasteiger partial charge in [-0.15, -0.1) is 0 Å². The fourth-order valence-electron chi connectivity index (χ4n) is 2.32. The quantitative estimate of drug-likeness (QED) is 0.757. The number of benzene rings is 1. The van der Waals surface area contributed by atoms with E-state index in [1.165, 1.54) is 0 Å². The van der Waals surface area contributed by atoms with Gasteiger partial charge in [-0.1, -0.05) is 30.3 Å². The summed E-state index contributed by atoms with van der Waals surface area (Å²) in [5.41, 5.74) is 2.92. The number of aromatic nitrogens is 3. The van der Waals surface area contributed by atoms with Gasteiger partial charge in [0.2, 0.25) is 0 Å². The van der Waals surface area contributed by atoms with Crippen LogP contribution in [0, 0.1) is 0 Å². The molecule has 0 unspecified atom stereocenters. The van der Waals surface area contributed by atoms with Gasteiger partial charge in [-0.3, -0.25) is 14.9 Å². The zero-order valence-corrected chi connectivity index (χ0v) is 13.3. The second-order valence-electron chi connectivity index (χ2n) is 5.36. The third-order valence-corrected chi connectivity index (χ3v) is 3.61. The number of hydrogen-bond donors (Lipinski definition) is 1. The molecular formula is C18H18N4O2. The molecular weight excluding hydrogens is 304 g/mol. The molecule has 0 aliphatic heterocycles. The minimum absolute atomic E-state index is 0.0271. The number of amides is 1. The third-order valence-electron chi connectivity index (χ3n) is 3.61. The van der Waals surface area contributed by atoms with E-state index in [1.807, 2.05) is 30.3 Å². The van der Waals surface area contributed by atoms with Crippen LogP contribution in [-0.2, 0) is 11.3 Å². The van der Waals surface area contributed by atoms with Gasteiger partial charge in [0.05, 0.1) is 18.1 Å². The second kappa shape index (κ2) is 7.41. The average Bonchev–Trinajstić information content (AvgIpc) is 3.09. The molecule has 0 fully saturated rings. The first-order valence-corrected chi connectivity index (χ1v) is 7.58. The summed E-state index contributed by atoms with van der Waals surface area (Å²) < 4.78 is 5.45. The van der Waals surface area contributed by atoms with E-state index in [0.717, 1.165) is 16.8 Å². The number of carbonyl (C=O) groups is 1. The molecule has 3 rings (SSSR count). The minimum Gasteiger partial charge on any atom is -0.482 e. The predicted molar refractivity (Wildman–Crippen MR) is 90.2 cm³/mol. The van der Waals surface area contributed by atoms with Gasteiger partial charge in [0.25, 0.3) is 5.91 Å². The van der Waals surface area contributed by atoms with E-state index in [2.05, 4.69) is 15.2 Å². The van der Waals surface area contributed by atoms with Gasteiger partial charge in [-0.2, -0.15) is 5.10 Å². The molecule has 0 saturated carbocycles. The van der Waals surface area contributed by atoms with E-state index in [9.17, 15) is 4.79 Å². The van der Waals surface area contributed by atoms with Gasteiger partial charge in [-0.05, 0) is 17.7 Å². The van der Waals surface area contributed by atoms with Crippen LogP contribution < -0.4 is 4.74 Å². The molecule has 0 aliphatic carbocycles. The maximum Gasteiger partial charge on any atom is 0.260 e. The van der Waals surface area contributed by atoms with Crippen LogP contribution >= 0.6 is 0 Å². The molecule has 0 spiro atoms. The first kappa shape index (κ1) is 15.7. The molecule has 2 heterocycles. The van der Waals surface area contributed by atoms with Crippen LogP contribution in [0.4, 0.5) is 0 Å². The van der Waals surface area contributed by atoms with E-state index in [4.69, 9.17) is 4.74 Å². The lowest BCUT2D eigenvalue weighted by atomic mass is 10.1. The molecule has 6 heteroatoms. The van der Waals surface area contributed by atoms with Crippen molar-refractivity contribution >= 4 is 5.91 Å². The van der Waals surface area contributed by atoms with Crippen LogP contribution in [0.25, 0.3) is 11.3 Å². The van der Waals surface area contributed by atoms with E-state index >= 15 is 0 Å². The van der Waals surface area contributed by atoms with E-state index < -0.39 is 0 Å². The Morgan fingerprint density at radius 3 is 2.75 bits per heavy atom. The highest BCUT2D eigenvalue weighted by Crippen LogP contribution is 2.21. The number of nitrogens with one attached hydrogen (secondary N) is 1. The molecule has 6 nitrogen and oxygen atoms in total. The smallest absolute Gasteiger partial charge is 0.260 e. The Morgan fingerprint density at radius 1 is 1.17 bits per heavy atom. The number of likely N-dealkylation sites (N-methyl/N-ethyl adjacent to an activating group) is 1.